The standard InChI is InChI=1S/C17H25BrN2O2S/c1-3-5-13-6-4-10-20(11-9-13)16(21)12-19(2)17(22)14-7-8-15(18)23-14/h7-8,13H,3-6,9-12H2,1-2H3. The Morgan fingerprint density at radius 1 is 1.35 bits per heavy atom. The zero-order valence-electron chi connectivity index (χ0n) is 13.9. The van der Waals surface area contributed by atoms with E-state index in [0.29, 0.717) is 4.88 Å². The molecule has 2 heterocycles. The number of hydrogen-bond donors (Lipinski definition) is 0. The van der Waals surface area contributed by atoms with Crippen molar-refractivity contribution in [1.82, 2.24) is 9.80 Å². The summed E-state index contributed by atoms with van der Waals surface area (Å²) in [6, 6.07) is 3.65. The molecule has 4 nitrogen and oxygen atoms in total. The molecule has 23 heavy (non-hydrogen) atoms. The van der Waals surface area contributed by atoms with Crippen molar-refractivity contribution in [3.8, 4) is 0 Å². The molecular weight excluding hydrogens is 376 g/mol. The Morgan fingerprint density at radius 3 is 2.78 bits per heavy atom. The van der Waals surface area contributed by atoms with Crippen molar-refractivity contribution in [3.05, 3.63) is 20.8 Å². The summed E-state index contributed by atoms with van der Waals surface area (Å²) in [6.07, 6.45) is 5.86. The number of likely N-dealkylation sites (tertiary alicyclic amines) is 1. The topological polar surface area (TPSA) is 40.6 Å². The summed E-state index contributed by atoms with van der Waals surface area (Å²) in [7, 11) is 1.70. The third-order valence-corrected chi connectivity index (χ3v) is 6.01. The van der Waals surface area contributed by atoms with Crippen LogP contribution in [0.15, 0.2) is 15.9 Å². The van der Waals surface area contributed by atoms with Gasteiger partial charge < -0.3 is 9.80 Å². The molecule has 1 aromatic heterocycles. The Morgan fingerprint density at radius 2 is 2.13 bits per heavy atom. The van der Waals surface area contributed by atoms with E-state index in [-0.39, 0.29) is 18.4 Å². The first-order chi connectivity index (χ1) is 11.0. The van der Waals surface area contributed by atoms with E-state index in [4.69, 9.17) is 0 Å². The molecule has 1 aliphatic heterocycles. The van der Waals surface area contributed by atoms with E-state index in [9.17, 15) is 9.59 Å². The maximum atomic E-state index is 12.5. The van der Waals surface area contributed by atoms with Gasteiger partial charge in [-0.1, -0.05) is 19.8 Å². The maximum absolute atomic E-state index is 12.5. The lowest BCUT2D eigenvalue weighted by Crippen LogP contribution is -2.41. The molecule has 0 N–H and O–H groups in total. The summed E-state index contributed by atoms with van der Waals surface area (Å²) >= 11 is 4.76. The molecule has 0 aliphatic carbocycles. The van der Waals surface area contributed by atoms with Crippen LogP contribution in [0.25, 0.3) is 0 Å². The van der Waals surface area contributed by atoms with Crippen LogP contribution in [0.3, 0.4) is 0 Å². The van der Waals surface area contributed by atoms with Gasteiger partial charge in [-0.05, 0) is 53.2 Å². The van der Waals surface area contributed by atoms with Crippen molar-refractivity contribution in [1.29, 1.82) is 0 Å². The molecule has 1 unspecified atom stereocenters. The van der Waals surface area contributed by atoms with Crippen LogP contribution >= 0.6 is 27.3 Å². The van der Waals surface area contributed by atoms with Crippen molar-refractivity contribution in [2.45, 2.75) is 39.0 Å². The SMILES string of the molecule is CCCC1CCCN(C(=O)CN(C)C(=O)c2ccc(Br)s2)CC1. The molecule has 1 atom stereocenters. The summed E-state index contributed by atoms with van der Waals surface area (Å²) < 4.78 is 0.926. The molecule has 0 saturated carbocycles. The van der Waals surface area contributed by atoms with Gasteiger partial charge >= 0.3 is 0 Å². The highest BCUT2D eigenvalue weighted by atomic mass is 79.9. The van der Waals surface area contributed by atoms with Gasteiger partial charge in [0, 0.05) is 20.1 Å². The minimum Gasteiger partial charge on any atom is -0.341 e. The number of thiophene rings is 1. The predicted molar refractivity (Wildman–Crippen MR) is 97.8 cm³/mol. The minimum atomic E-state index is -0.0901. The molecule has 1 aliphatic rings. The molecule has 0 radical (unpaired) electrons. The molecule has 1 aromatic rings. The largest absolute Gasteiger partial charge is 0.341 e. The molecule has 2 rings (SSSR count). The van der Waals surface area contributed by atoms with Crippen LogP contribution in [0.1, 0.15) is 48.7 Å². The third kappa shape index (κ3) is 5.31. The van der Waals surface area contributed by atoms with Gasteiger partial charge in [-0.25, -0.2) is 0 Å². The number of hydrogen-bond acceptors (Lipinski definition) is 3. The van der Waals surface area contributed by atoms with Crippen LogP contribution in [0.5, 0.6) is 0 Å². The lowest BCUT2D eigenvalue weighted by atomic mass is 9.96. The van der Waals surface area contributed by atoms with Crippen LogP contribution in [-0.2, 0) is 4.79 Å². The highest BCUT2D eigenvalue weighted by molar-refractivity contribution is 9.11. The fraction of sp³-hybridized carbons (Fsp3) is 0.647. The summed E-state index contributed by atoms with van der Waals surface area (Å²) in [5.41, 5.74) is 0. The third-order valence-electron chi connectivity index (χ3n) is 4.40. The molecule has 1 saturated heterocycles. The van der Waals surface area contributed by atoms with Gasteiger partial charge in [0.2, 0.25) is 5.91 Å². The molecule has 0 bridgehead atoms. The predicted octanol–water partition coefficient (Wildman–Crippen LogP) is 4.01. The number of halogens is 1. The van der Waals surface area contributed by atoms with Crippen molar-refractivity contribution >= 4 is 39.1 Å². The highest BCUT2D eigenvalue weighted by Crippen LogP contribution is 2.24. The van der Waals surface area contributed by atoms with E-state index < -0.39 is 0 Å². The number of nitrogens with zero attached hydrogens (tertiary/aromatic N) is 2. The molecule has 0 aromatic carbocycles. The van der Waals surface area contributed by atoms with E-state index in [1.54, 1.807) is 13.1 Å². The van der Waals surface area contributed by atoms with Gasteiger partial charge in [-0.2, -0.15) is 0 Å². The van der Waals surface area contributed by atoms with Crippen molar-refractivity contribution < 1.29 is 9.59 Å². The summed E-state index contributed by atoms with van der Waals surface area (Å²) in [5, 5.41) is 0. The van der Waals surface area contributed by atoms with Crippen molar-refractivity contribution in [3.63, 3.8) is 0 Å². The van der Waals surface area contributed by atoms with E-state index in [1.807, 2.05) is 11.0 Å². The molecule has 0 spiro atoms. The van der Waals surface area contributed by atoms with Crippen LogP contribution in [0.2, 0.25) is 0 Å². The molecule has 1 fully saturated rings. The monoisotopic (exact) mass is 400 g/mol. The average molecular weight is 401 g/mol. The average Bonchev–Trinajstić information content (AvgIpc) is 2.81. The number of carbonyl (C=O) groups is 2. The first-order valence-electron chi connectivity index (χ1n) is 8.29. The Labute approximate surface area is 151 Å². The van der Waals surface area contributed by atoms with Crippen LogP contribution < -0.4 is 0 Å². The summed E-state index contributed by atoms with van der Waals surface area (Å²) in [5.74, 6) is 0.724. The number of carbonyl (C=O) groups excluding carboxylic acids is 2. The van der Waals surface area contributed by atoms with Gasteiger partial charge in [0.25, 0.3) is 5.91 Å². The lowest BCUT2D eigenvalue weighted by Gasteiger charge is -2.24. The second kappa shape index (κ2) is 8.83. The smallest absolute Gasteiger partial charge is 0.264 e. The first-order valence-corrected chi connectivity index (χ1v) is 9.90. The second-order valence-corrected chi connectivity index (χ2v) is 8.69. The van der Waals surface area contributed by atoms with E-state index in [1.165, 1.54) is 35.5 Å². The van der Waals surface area contributed by atoms with Gasteiger partial charge in [-0.15, -0.1) is 11.3 Å². The van der Waals surface area contributed by atoms with Crippen molar-refractivity contribution in [2.24, 2.45) is 5.92 Å². The fourth-order valence-corrected chi connectivity index (χ4v) is 4.48. The van der Waals surface area contributed by atoms with Gasteiger partial charge in [0.1, 0.15) is 0 Å². The van der Waals surface area contributed by atoms with E-state index in [0.717, 1.165) is 35.6 Å². The van der Waals surface area contributed by atoms with Gasteiger partial charge in [0.15, 0.2) is 0 Å². The second-order valence-electron chi connectivity index (χ2n) is 6.23. The maximum Gasteiger partial charge on any atom is 0.264 e. The number of rotatable bonds is 5. The first kappa shape index (κ1) is 18.5. The van der Waals surface area contributed by atoms with Crippen LogP contribution in [0, 0.1) is 5.92 Å². The van der Waals surface area contributed by atoms with E-state index >= 15 is 0 Å². The van der Waals surface area contributed by atoms with E-state index in [2.05, 4.69) is 22.9 Å². The van der Waals surface area contributed by atoms with Gasteiger partial charge in [-0.3, -0.25) is 9.59 Å². The number of amides is 2. The summed E-state index contributed by atoms with van der Waals surface area (Å²) in [6.45, 7) is 4.03. The molecule has 128 valence electrons. The van der Waals surface area contributed by atoms with Gasteiger partial charge in [0.05, 0.1) is 15.2 Å². The zero-order chi connectivity index (χ0) is 16.8. The Kier molecular flexibility index (Phi) is 7.09. The van der Waals surface area contributed by atoms with Crippen LogP contribution in [-0.4, -0.2) is 48.3 Å². The Hall–Kier alpha value is -0.880. The quantitative estimate of drug-likeness (QED) is 0.748. The summed E-state index contributed by atoms with van der Waals surface area (Å²) in [4.78, 5) is 28.9. The lowest BCUT2D eigenvalue weighted by molar-refractivity contribution is -0.131. The Bertz CT molecular complexity index is 546. The van der Waals surface area contributed by atoms with Crippen LogP contribution in [0.4, 0.5) is 0 Å². The molecular formula is C17H25BrN2O2S. The highest BCUT2D eigenvalue weighted by Gasteiger charge is 2.23. The fourth-order valence-electron chi connectivity index (χ4n) is 3.10. The molecule has 2 amide bonds. The normalized spacial score (nSPS) is 18.6. The minimum absolute atomic E-state index is 0.0635. The molecule has 6 heteroatoms. The Balaban J connectivity index is 1.87. The zero-order valence-corrected chi connectivity index (χ0v) is 16.3. The van der Waals surface area contributed by atoms with Crippen molar-refractivity contribution in [2.75, 3.05) is 26.7 Å². The number of likely N-dealkylation sites (N-methyl/N-ethyl adjacent to an activating group) is 1.